The van der Waals surface area contributed by atoms with Gasteiger partial charge in [0.2, 0.25) is 12.2 Å². The van der Waals surface area contributed by atoms with E-state index in [1.807, 2.05) is 0 Å². The van der Waals surface area contributed by atoms with Crippen LogP contribution in [-0.2, 0) is 23.9 Å². The number of aliphatic hydroxyl groups is 4. The lowest BCUT2D eigenvalue weighted by atomic mass is 9.93. The van der Waals surface area contributed by atoms with Crippen LogP contribution < -0.4 is 5.73 Å². The number of amides is 1. The summed E-state index contributed by atoms with van der Waals surface area (Å²) in [6, 6.07) is 0. The summed E-state index contributed by atoms with van der Waals surface area (Å²) < 4.78 is 4.18. The van der Waals surface area contributed by atoms with E-state index in [4.69, 9.17) is 30.6 Å². The summed E-state index contributed by atoms with van der Waals surface area (Å²) in [4.78, 5) is 54.2. The molecule has 0 saturated heterocycles. The Morgan fingerprint density at radius 3 is 1.22 bits per heavy atom. The molecule has 0 rings (SSSR count). The molecule has 0 unspecified atom stereocenters. The van der Waals surface area contributed by atoms with Gasteiger partial charge in [0.1, 0.15) is 0 Å². The number of isocyanates is 2. The monoisotopic (exact) mass is 537 g/mol. The third kappa shape index (κ3) is 50.2. The lowest BCUT2D eigenvalue weighted by molar-refractivity contribution is -0.132. The van der Waals surface area contributed by atoms with Crippen molar-refractivity contribution in [3.8, 4) is 0 Å². The van der Waals surface area contributed by atoms with Crippen LogP contribution in [0, 0.1) is 5.41 Å². The van der Waals surface area contributed by atoms with Crippen LogP contribution in [0.4, 0.5) is 4.79 Å². The second-order valence-electron chi connectivity index (χ2n) is 6.33. The molecular formula is C22H39N3O12. The van der Waals surface area contributed by atoms with E-state index in [-0.39, 0.29) is 0 Å². The minimum atomic E-state index is -1.11. The third-order valence-electron chi connectivity index (χ3n) is 3.40. The summed E-state index contributed by atoms with van der Waals surface area (Å²) in [6.45, 7) is 7.46. The number of carboxylic acid groups (broad SMARTS) is 2. The van der Waals surface area contributed by atoms with Gasteiger partial charge >= 0.3 is 18.0 Å². The Bertz CT molecular complexity index is 627. The summed E-state index contributed by atoms with van der Waals surface area (Å²) >= 11 is 0. The summed E-state index contributed by atoms with van der Waals surface area (Å²) in [5.41, 5.74) is 3.43. The fourth-order valence-corrected chi connectivity index (χ4v) is 1.27. The molecule has 0 aliphatic heterocycles. The zero-order chi connectivity index (χ0) is 30.0. The van der Waals surface area contributed by atoms with Gasteiger partial charge in [0.25, 0.3) is 0 Å². The molecule has 214 valence electrons. The van der Waals surface area contributed by atoms with Gasteiger partial charge in [-0.2, -0.15) is 0 Å². The topological polar surface area (TPSA) is 267 Å². The Kier molecular flexibility index (Phi) is 43.2. The molecule has 0 aliphatic rings. The highest BCUT2D eigenvalue weighted by Gasteiger charge is 2.26. The number of hydrogen-bond acceptors (Lipinski definition) is 12. The number of aliphatic carboxylic acids is 2. The van der Waals surface area contributed by atoms with Gasteiger partial charge in [0.15, 0.2) is 0 Å². The van der Waals surface area contributed by atoms with Crippen molar-refractivity contribution in [2.24, 2.45) is 21.1 Å². The fraction of sp³-hybridized carbons (Fsp3) is 0.591. The predicted octanol–water partition coefficient (Wildman–Crippen LogP) is -0.224. The Balaban J connectivity index is -0.000000121. The van der Waals surface area contributed by atoms with E-state index < -0.39 is 49.9 Å². The second-order valence-corrected chi connectivity index (χ2v) is 6.33. The van der Waals surface area contributed by atoms with Crippen LogP contribution in [0.2, 0.25) is 0 Å². The minimum absolute atomic E-state index is 0.356. The summed E-state index contributed by atoms with van der Waals surface area (Å²) in [7, 11) is 0. The molecule has 0 bridgehead atoms. The molecule has 0 heterocycles. The van der Waals surface area contributed by atoms with Gasteiger partial charge in [-0.1, -0.05) is 26.0 Å². The van der Waals surface area contributed by atoms with Crippen molar-refractivity contribution in [2.75, 3.05) is 46.1 Å². The van der Waals surface area contributed by atoms with E-state index in [0.717, 1.165) is 37.8 Å². The normalized spacial score (nSPS) is 8.57. The Labute approximate surface area is 215 Å². The standard InChI is InChI=1S/C8H12N2O2.C5H12O4.C3H7NO2.2C3H4O2/c11-7-9-5-3-1-2-4-6-10-8-12;6-1-5(2-7,3-8)4-9;1-2-6-3(4)5;2*1-2-3(4)5/h1-6H2;6-9H,1-4H2;2H2,1H3,(H2,4,5);2*2H,1H2,(H,4,5). The number of rotatable bonds is 14. The summed E-state index contributed by atoms with van der Waals surface area (Å²) in [5.74, 6) is -1.96. The first-order valence-corrected chi connectivity index (χ1v) is 10.6. The maximum atomic E-state index is 9.63. The number of carboxylic acids is 2. The number of aliphatic imine (C=N–C) groups is 2. The molecule has 37 heavy (non-hydrogen) atoms. The molecule has 0 atom stereocenters. The maximum Gasteiger partial charge on any atom is 0.404 e. The van der Waals surface area contributed by atoms with Gasteiger partial charge in [-0.3, -0.25) is 0 Å². The van der Waals surface area contributed by atoms with E-state index in [2.05, 4.69) is 33.6 Å². The van der Waals surface area contributed by atoms with Crippen molar-refractivity contribution in [3.05, 3.63) is 25.3 Å². The minimum Gasteiger partial charge on any atom is -0.478 e. The van der Waals surface area contributed by atoms with Crippen LogP contribution in [-0.4, -0.2) is 107 Å². The van der Waals surface area contributed by atoms with Gasteiger partial charge < -0.3 is 41.1 Å². The number of unbranched alkanes of at least 4 members (excludes halogenated alkanes) is 3. The molecule has 0 aromatic carbocycles. The number of carbonyl (C=O) groups excluding carboxylic acids is 3. The van der Waals surface area contributed by atoms with Crippen LogP contribution in [0.1, 0.15) is 32.6 Å². The molecular weight excluding hydrogens is 498 g/mol. The Morgan fingerprint density at radius 1 is 0.811 bits per heavy atom. The van der Waals surface area contributed by atoms with Crippen LogP contribution in [0.5, 0.6) is 0 Å². The molecule has 0 fully saturated rings. The first-order valence-electron chi connectivity index (χ1n) is 10.6. The molecule has 1 amide bonds. The molecule has 0 aromatic rings. The average molecular weight is 538 g/mol. The van der Waals surface area contributed by atoms with Crippen molar-refractivity contribution >= 4 is 30.2 Å². The highest BCUT2D eigenvalue weighted by Crippen LogP contribution is 2.11. The highest BCUT2D eigenvalue weighted by molar-refractivity contribution is 5.79. The number of ether oxygens (including phenoxy) is 1. The highest BCUT2D eigenvalue weighted by atomic mass is 16.5. The summed E-state index contributed by atoms with van der Waals surface area (Å²) in [6.07, 6.45) is 7.76. The molecule has 0 radical (unpaired) electrons. The van der Waals surface area contributed by atoms with Crippen LogP contribution in [0.15, 0.2) is 35.3 Å². The number of carbonyl (C=O) groups is 3. The van der Waals surface area contributed by atoms with Crippen LogP contribution in [0.3, 0.4) is 0 Å². The fourth-order valence-electron chi connectivity index (χ4n) is 1.27. The van der Waals surface area contributed by atoms with Crippen molar-refractivity contribution in [1.82, 2.24) is 0 Å². The quantitative estimate of drug-likeness (QED) is 0.0655. The van der Waals surface area contributed by atoms with E-state index in [1.54, 1.807) is 6.92 Å². The smallest absolute Gasteiger partial charge is 0.404 e. The third-order valence-corrected chi connectivity index (χ3v) is 3.40. The van der Waals surface area contributed by atoms with Crippen molar-refractivity contribution in [3.63, 3.8) is 0 Å². The van der Waals surface area contributed by atoms with E-state index in [0.29, 0.717) is 19.7 Å². The second kappa shape index (κ2) is 36.9. The first-order chi connectivity index (χ1) is 17.5. The van der Waals surface area contributed by atoms with Crippen LogP contribution in [0.25, 0.3) is 0 Å². The maximum absolute atomic E-state index is 9.63. The molecule has 15 nitrogen and oxygen atoms in total. The van der Waals surface area contributed by atoms with E-state index in [9.17, 15) is 24.0 Å². The number of nitrogens with zero attached hydrogens (tertiary/aromatic N) is 2. The molecule has 8 N–H and O–H groups in total. The van der Waals surface area contributed by atoms with Gasteiger partial charge in [-0.25, -0.2) is 34.0 Å². The Morgan fingerprint density at radius 2 is 1.11 bits per heavy atom. The average Bonchev–Trinajstić information content (AvgIpc) is 2.89. The largest absolute Gasteiger partial charge is 0.478 e. The zero-order valence-corrected chi connectivity index (χ0v) is 21.0. The van der Waals surface area contributed by atoms with E-state index >= 15 is 0 Å². The number of primary amides is 1. The van der Waals surface area contributed by atoms with Crippen molar-refractivity contribution < 1.29 is 59.3 Å². The Hall–Kier alpha value is -3.71. The molecule has 0 aromatic heterocycles. The van der Waals surface area contributed by atoms with Crippen molar-refractivity contribution in [2.45, 2.75) is 32.6 Å². The van der Waals surface area contributed by atoms with Gasteiger partial charge in [0.05, 0.1) is 51.5 Å². The number of nitrogens with two attached hydrogens (primary N) is 1. The number of aliphatic hydroxyl groups excluding tert-OH is 4. The first kappa shape index (κ1) is 43.4. The molecule has 0 aliphatic carbocycles. The van der Waals surface area contributed by atoms with Gasteiger partial charge in [0, 0.05) is 12.2 Å². The van der Waals surface area contributed by atoms with Gasteiger partial charge in [-0.05, 0) is 19.8 Å². The van der Waals surface area contributed by atoms with Crippen LogP contribution >= 0.6 is 0 Å². The van der Waals surface area contributed by atoms with Gasteiger partial charge in [-0.15, -0.1) is 0 Å². The lowest BCUT2D eigenvalue weighted by Crippen LogP contribution is -2.37. The molecule has 0 saturated carbocycles. The van der Waals surface area contributed by atoms with Crippen molar-refractivity contribution in [1.29, 1.82) is 0 Å². The number of hydrogen-bond donors (Lipinski definition) is 7. The van der Waals surface area contributed by atoms with E-state index in [1.165, 1.54) is 12.2 Å². The zero-order valence-electron chi connectivity index (χ0n) is 21.0. The lowest BCUT2D eigenvalue weighted by Gasteiger charge is -2.23. The summed E-state index contributed by atoms with van der Waals surface area (Å²) in [5, 5.41) is 49.2. The SMILES string of the molecule is C=CC(=O)O.C=CC(=O)O.CCOC(N)=O.O=C=NCCCCCCN=C=O.OCC(CO)(CO)CO. The predicted molar refractivity (Wildman–Crippen MR) is 132 cm³/mol. The molecule has 0 spiro atoms. The molecule has 15 heteroatoms.